The van der Waals surface area contributed by atoms with Crippen LogP contribution in [0.3, 0.4) is 0 Å². The second kappa shape index (κ2) is 8.03. The van der Waals surface area contributed by atoms with Crippen molar-refractivity contribution in [3.05, 3.63) is 66.0 Å². The third kappa shape index (κ3) is 4.76. The molecule has 0 saturated carbocycles. The average Bonchev–Trinajstić information content (AvgIpc) is 2.57. The standard InChI is InChI=1S/C18H23N5O/c1-3-14(19)12-23(20)16-10-8-15(9-11-16)21-18(24)22-17-7-5-4-6-13(17)2/h4-12H,3,19-20H2,1-2H3,(H2,21,22,24)/b14-12-. The molecular weight excluding hydrogens is 302 g/mol. The van der Waals surface area contributed by atoms with E-state index in [2.05, 4.69) is 10.6 Å². The fourth-order valence-corrected chi connectivity index (χ4v) is 2.06. The van der Waals surface area contributed by atoms with E-state index in [4.69, 9.17) is 11.6 Å². The first kappa shape index (κ1) is 17.4. The first-order valence-electron chi connectivity index (χ1n) is 7.73. The maximum Gasteiger partial charge on any atom is 0.323 e. The van der Waals surface area contributed by atoms with Gasteiger partial charge in [0.15, 0.2) is 0 Å². The summed E-state index contributed by atoms with van der Waals surface area (Å²) in [6, 6.07) is 14.5. The fourth-order valence-electron chi connectivity index (χ4n) is 2.06. The third-order valence-corrected chi connectivity index (χ3v) is 3.53. The molecule has 2 amide bonds. The van der Waals surface area contributed by atoms with E-state index in [0.29, 0.717) is 11.4 Å². The average molecular weight is 325 g/mol. The van der Waals surface area contributed by atoms with Crippen molar-refractivity contribution in [3.63, 3.8) is 0 Å². The number of hydrogen-bond acceptors (Lipinski definition) is 4. The van der Waals surface area contributed by atoms with E-state index in [1.54, 1.807) is 18.3 Å². The summed E-state index contributed by atoms with van der Waals surface area (Å²) in [4.78, 5) is 12.1. The zero-order chi connectivity index (χ0) is 17.5. The quantitative estimate of drug-likeness (QED) is 0.499. The summed E-state index contributed by atoms with van der Waals surface area (Å²) in [5.41, 5.74) is 9.68. The number of urea groups is 1. The van der Waals surface area contributed by atoms with Gasteiger partial charge in [-0.25, -0.2) is 10.6 Å². The van der Waals surface area contributed by atoms with Crippen LogP contribution in [0.2, 0.25) is 0 Å². The second-order valence-electron chi connectivity index (χ2n) is 5.41. The lowest BCUT2D eigenvalue weighted by atomic mass is 10.2. The van der Waals surface area contributed by atoms with Gasteiger partial charge >= 0.3 is 6.03 Å². The smallest absolute Gasteiger partial charge is 0.323 e. The largest absolute Gasteiger partial charge is 0.401 e. The first-order chi connectivity index (χ1) is 11.5. The van der Waals surface area contributed by atoms with Gasteiger partial charge < -0.3 is 16.4 Å². The summed E-state index contributed by atoms with van der Waals surface area (Å²) < 4.78 is 0. The molecule has 0 saturated heterocycles. The maximum atomic E-state index is 12.1. The molecule has 0 atom stereocenters. The Hall–Kier alpha value is -2.99. The Morgan fingerprint density at radius 1 is 1.12 bits per heavy atom. The number of rotatable bonds is 5. The van der Waals surface area contributed by atoms with Crippen LogP contribution in [-0.2, 0) is 0 Å². The molecule has 2 rings (SSSR count). The van der Waals surface area contributed by atoms with Gasteiger partial charge in [-0.2, -0.15) is 0 Å². The molecule has 2 aromatic carbocycles. The highest BCUT2D eigenvalue weighted by Crippen LogP contribution is 2.18. The molecule has 24 heavy (non-hydrogen) atoms. The second-order valence-corrected chi connectivity index (χ2v) is 5.41. The number of hydrazine groups is 1. The minimum Gasteiger partial charge on any atom is -0.401 e. The lowest BCUT2D eigenvalue weighted by molar-refractivity contribution is 0.262. The van der Waals surface area contributed by atoms with Crippen LogP contribution in [0.1, 0.15) is 18.9 Å². The minimum atomic E-state index is -0.295. The first-order valence-corrected chi connectivity index (χ1v) is 7.73. The Kier molecular flexibility index (Phi) is 5.81. The molecule has 0 unspecified atom stereocenters. The van der Waals surface area contributed by atoms with Crippen molar-refractivity contribution >= 4 is 23.1 Å². The lowest BCUT2D eigenvalue weighted by Gasteiger charge is -2.15. The van der Waals surface area contributed by atoms with Gasteiger partial charge in [0.1, 0.15) is 0 Å². The number of amides is 2. The van der Waals surface area contributed by atoms with Crippen LogP contribution < -0.4 is 27.2 Å². The molecule has 0 heterocycles. The van der Waals surface area contributed by atoms with Crippen molar-refractivity contribution < 1.29 is 4.79 Å². The SMILES string of the molecule is CC/C(N)=C/N(N)c1ccc(NC(=O)Nc2ccccc2C)cc1. The number of nitrogens with one attached hydrogen (secondary N) is 2. The maximum absolute atomic E-state index is 12.1. The molecule has 2 aromatic rings. The van der Waals surface area contributed by atoms with Crippen molar-refractivity contribution in [2.45, 2.75) is 20.3 Å². The molecule has 0 aliphatic heterocycles. The number of carbonyl (C=O) groups excluding carboxylic acids is 1. The highest BCUT2D eigenvalue weighted by Gasteiger charge is 2.05. The van der Waals surface area contributed by atoms with Gasteiger partial charge in [-0.3, -0.25) is 5.01 Å². The predicted molar refractivity (Wildman–Crippen MR) is 99.5 cm³/mol. The fraction of sp³-hybridized carbons (Fsp3) is 0.167. The topological polar surface area (TPSA) is 96.4 Å². The number of benzene rings is 2. The highest BCUT2D eigenvalue weighted by atomic mass is 16.2. The Bertz CT molecular complexity index is 724. The summed E-state index contributed by atoms with van der Waals surface area (Å²) in [6.07, 6.45) is 2.40. The van der Waals surface area contributed by atoms with Crippen molar-refractivity contribution in [3.8, 4) is 0 Å². The number of nitrogens with zero attached hydrogens (tertiary/aromatic N) is 1. The summed E-state index contributed by atoms with van der Waals surface area (Å²) >= 11 is 0. The number of hydrogen-bond donors (Lipinski definition) is 4. The van der Waals surface area contributed by atoms with Crippen molar-refractivity contribution in [2.75, 3.05) is 15.6 Å². The normalized spacial score (nSPS) is 11.0. The molecule has 0 radical (unpaired) electrons. The molecule has 0 aromatic heterocycles. The zero-order valence-corrected chi connectivity index (χ0v) is 13.9. The Morgan fingerprint density at radius 3 is 2.42 bits per heavy atom. The summed E-state index contributed by atoms with van der Waals surface area (Å²) in [7, 11) is 0. The highest BCUT2D eigenvalue weighted by molar-refractivity contribution is 6.00. The molecule has 126 valence electrons. The van der Waals surface area contributed by atoms with Gasteiger partial charge in [-0.15, -0.1) is 0 Å². The van der Waals surface area contributed by atoms with E-state index in [1.807, 2.05) is 50.2 Å². The predicted octanol–water partition coefficient (Wildman–Crippen LogP) is 3.53. The van der Waals surface area contributed by atoms with Gasteiger partial charge in [-0.1, -0.05) is 25.1 Å². The molecule has 6 nitrogen and oxygen atoms in total. The number of carbonyl (C=O) groups is 1. The van der Waals surface area contributed by atoms with E-state index in [9.17, 15) is 4.79 Å². The zero-order valence-electron chi connectivity index (χ0n) is 13.9. The molecule has 0 spiro atoms. The van der Waals surface area contributed by atoms with Gasteiger partial charge in [0.2, 0.25) is 0 Å². The summed E-state index contributed by atoms with van der Waals surface area (Å²) in [5, 5.41) is 7.06. The Balaban J connectivity index is 1.99. The van der Waals surface area contributed by atoms with Gasteiger partial charge in [0.05, 0.1) is 5.69 Å². The van der Waals surface area contributed by atoms with E-state index in [1.165, 1.54) is 5.01 Å². The molecule has 6 heteroatoms. The van der Waals surface area contributed by atoms with Gasteiger partial charge in [0, 0.05) is 23.3 Å². The monoisotopic (exact) mass is 325 g/mol. The number of nitrogens with two attached hydrogens (primary N) is 2. The van der Waals surface area contributed by atoms with Crippen LogP contribution in [-0.4, -0.2) is 6.03 Å². The van der Waals surface area contributed by atoms with Gasteiger partial charge in [0.25, 0.3) is 0 Å². The Labute approximate surface area is 142 Å². The van der Waals surface area contributed by atoms with Crippen molar-refractivity contribution in [1.82, 2.24) is 0 Å². The van der Waals surface area contributed by atoms with E-state index < -0.39 is 0 Å². The molecule has 0 aliphatic rings. The minimum absolute atomic E-state index is 0.295. The van der Waals surface area contributed by atoms with Crippen LogP contribution >= 0.6 is 0 Å². The number of allylic oxidation sites excluding steroid dienone is 1. The van der Waals surface area contributed by atoms with Crippen molar-refractivity contribution in [2.24, 2.45) is 11.6 Å². The van der Waals surface area contributed by atoms with E-state index >= 15 is 0 Å². The molecule has 0 bridgehead atoms. The number of anilines is 3. The van der Waals surface area contributed by atoms with Crippen molar-refractivity contribution in [1.29, 1.82) is 0 Å². The molecule has 0 fully saturated rings. The van der Waals surface area contributed by atoms with Gasteiger partial charge in [-0.05, 0) is 49.2 Å². The number of aryl methyl sites for hydroxylation is 1. The van der Waals surface area contributed by atoms with E-state index in [0.717, 1.165) is 23.4 Å². The van der Waals surface area contributed by atoms with Crippen LogP contribution in [0.5, 0.6) is 0 Å². The molecule has 0 aliphatic carbocycles. The molecule has 6 N–H and O–H groups in total. The Morgan fingerprint density at radius 2 is 1.79 bits per heavy atom. The lowest BCUT2D eigenvalue weighted by Crippen LogP contribution is -2.26. The van der Waals surface area contributed by atoms with E-state index in [-0.39, 0.29) is 6.03 Å². The van der Waals surface area contributed by atoms with Crippen LogP contribution in [0, 0.1) is 6.92 Å². The third-order valence-electron chi connectivity index (χ3n) is 3.53. The number of para-hydroxylation sites is 1. The molecular formula is C18H23N5O. The van der Waals surface area contributed by atoms with Crippen LogP contribution in [0.15, 0.2) is 60.4 Å². The summed E-state index contributed by atoms with van der Waals surface area (Å²) in [6.45, 7) is 3.90. The van der Waals surface area contributed by atoms with Crippen LogP contribution in [0.25, 0.3) is 0 Å². The van der Waals surface area contributed by atoms with Crippen LogP contribution in [0.4, 0.5) is 21.9 Å². The summed E-state index contributed by atoms with van der Waals surface area (Å²) in [5.74, 6) is 5.92.